The number of nitrogens with zero attached hydrogens (tertiary/aromatic N) is 3. The van der Waals surface area contributed by atoms with Crippen molar-refractivity contribution >= 4 is 10.0 Å². The molecule has 0 saturated heterocycles. The smallest absolute Gasteiger partial charge is 0.240 e. The molecule has 8 heteroatoms. The van der Waals surface area contributed by atoms with Gasteiger partial charge >= 0.3 is 0 Å². The zero-order chi connectivity index (χ0) is 22.6. The van der Waals surface area contributed by atoms with Crippen molar-refractivity contribution in [2.75, 3.05) is 6.61 Å². The molecule has 1 fully saturated rings. The van der Waals surface area contributed by atoms with E-state index in [4.69, 9.17) is 9.84 Å². The normalized spacial score (nSPS) is 14.8. The first-order chi connectivity index (χ1) is 15.4. The van der Waals surface area contributed by atoms with Crippen LogP contribution in [-0.4, -0.2) is 29.8 Å². The second-order valence-corrected chi connectivity index (χ2v) is 10.4. The Kier molecular flexibility index (Phi) is 6.91. The largest absolute Gasteiger partial charge is 0.493 e. The molecule has 0 amide bonds. The number of nitrogens with one attached hydrogen (secondary N) is 1. The first-order valence-electron chi connectivity index (χ1n) is 11.1. The number of rotatable bonds is 9. The van der Waals surface area contributed by atoms with E-state index in [1.807, 2.05) is 18.2 Å². The molecule has 170 valence electrons. The van der Waals surface area contributed by atoms with Crippen LogP contribution in [0.2, 0.25) is 0 Å². The monoisotopic (exact) mass is 454 g/mol. The fraction of sp³-hybridized carbons (Fsp3) is 0.417. The Morgan fingerprint density at radius 3 is 2.44 bits per heavy atom. The molecule has 2 aromatic heterocycles. The molecular weight excluding hydrogens is 424 g/mol. The molecule has 1 aliphatic carbocycles. The van der Waals surface area contributed by atoms with Crippen LogP contribution in [0.4, 0.5) is 0 Å². The molecule has 0 bridgehead atoms. The first-order valence-corrected chi connectivity index (χ1v) is 12.6. The van der Waals surface area contributed by atoms with Gasteiger partial charge in [-0.2, -0.15) is 5.10 Å². The van der Waals surface area contributed by atoms with Gasteiger partial charge in [0.15, 0.2) is 0 Å². The van der Waals surface area contributed by atoms with Crippen molar-refractivity contribution in [2.45, 2.75) is 57.0 Å². The summed E-state index contributed by atoms with van der Waals surface area (Å²) >= 11 is 0. The van der Waals surface area contributed by atoms with Crippen molar-refractivity contribution < 1.29 is 13.2 Å². The van der Waals surface area contributed by atoms with Gasteiger partial charge < -0.3 is 4.74 Å². The maximum Gasteiger partial charge on any atom is 0.240 e. The molecule has 1 aromatic carbocycles. The summed E-state index contributed by atoms with van der Waals surface area (Å²) in [6.07, 6.45) is 8.10. The zero-order valence-electron chi connectivity index (χ0n) is 18.6. The lowest BCUT2D eigenvalue weighted by molar-refractivity contribution is 0.271. The van der Waals surface area contributed by atoms with Gasteiger partial charge in [0.2, 0.25) is 10.0 Å². The molecule has 3 aromatic rings. The zero-order valence-corrected chi connectivity index (χ0v) is 19.4. The second-order valence-electron chi connectivity index (χ2n) is 8.64. The van der Waals surface area contributed by atoms with Crippen molar-refractivity contribution in [1.29, 1.82) is 0 Å². The number of pyridine rings is 1. The minimum Gasteiger partial charge on any atom is -0.493 e. The third-order valence-corrected chi connectivity index (χ3v) is 7.01. The molecule has 0 aliphatic heterocycles. The van der Waals surface area contributed by atoms with Gasteiger partial charge in [-0.25, -0.2) is 13.1 Å². The Labute approximate surface area is 189 Å². The van der Waals surface area contributed by atoms with E-state index in [1.165, 1.54) is 12.8 Å². The number of hydrogen-bond acceptors (Lipinski definition) is 5. The maximum atomic E-state index is 12.8. The lowest BCUT2D eigenvalue weighted by Gasteiger charge is -2.14. The van der Waals surface area contributed by atoms with Crippen LogP contribution in [-0.2, 0) is 16.6 Å². The Morgan fingerprint density at radius 2 is 1.78 bits per heavy atom. The van der Waals surface area contributed by atoms with Crippen LogP contribution in [0, 0.1) is 5.92 Å². The highest BCUT2D eigenvalue weighted by atomic mass is 32.2. The average Bonchev–Trinajstić information content (AvgIpc) is 3.47. The maximum absolute atomic E-state index is 12.8. The number of ether oxygens (including phenoxy) is 1. The molecule has 0 atom stereocenters. The summed E-state index contributed by atoms with van der Waals surface area (Å²) in [6, 6.07) is 12.7. The van der Waals surface area contributed by atoms with Crippen LogP contribution in [0.25, 0.3) is 11.3 Å². The van der Waals surface area contributed by atoms with E-state index >= 15 is 0 Å². The van der Waals surface area contributed by atoms with Crippen molar-refractivity contribution in [1.82, 2.24) is 19.5 Å². The fourth-order valence-electron chi connectivity index (χ4n) is 3.93. The van der Waals surface area contributed by atoms with E-state index in [0.717, 1.165) is 24.1 Å². The van der Waals surface area contributed by atoms with Gasteiger partial charge in [-0.1, -0.05) is 26.7 Å². The minimum absolute atomic E-state index is 0.131. The standard InChI is InChI=1S/C24H30N4O3S/c1-18(2)17-31-22-7-9-23(10-8-22)32(29,30)26-16-20-15-24(19-11-13-25-14-12-19)28(27-20)21-5-3-4-6-21/h7-15,18,21,26H,3-6,16-17H2,1-2H3. The molecular formula is C24H30N4O3S. The molecule has 1 saturated carbocycles. The predicted molar refractivity (Wildman–Crippen MR) is 124 cm³/mol. The van der Waals surface area contributed by atoms with Gasteiger partial charge in [0, 0.05) is 18.0 Å². The average molecular weight is 455 g/mol. The van der Waals surface area contributed by atoms with Crippen LogP contribution in [0.3, 0.4) is 0 Å². The van der Waals surface area contributed by atoms with Gasteiger partial charge in [-0.3, -0.25) is 9.67 Å². The molecule has 1 N–H and O–H groups in total. The van der Waals surface area contributed by atoms with E-state index in [1.54, 1.807) is 36.7 Å². The van der Waals surface area contributed by atoms with Crippen molar-refractivity contribution in [3.05, 3.63) is 60.6 Å². The number of sulfonamides is 1. The van der Waals surface area contributed by atoms with Crippen LogP contribution in [0.5, 0.6) is 5.75 Å². The van der Waals surface area contributed by atoms with E-state index in [0.29, 0.717) is 30.0 Å². The second kappa shape index (κ2) is 9.83. The Morgan fingerprint density at radius 1 is 1.09 bits per heavy atom. The van der Waals surface area contributed by atoms with Gasteiger partial charge in [-0.05, 0) is 61.2 Å². The fourth-order valence-corrected chi connectivity index (χ4v) is 4.93. The molecule has 1 aliphatic rings. The van der Waals surface area contributed by atoms with Crippen LogP contribution < -0.4 is 9.46 Å². The molecule has 4 rings (SSSR count). The summed E-state index contributed by atoms with van der Waals surface area (Å²) < 4.78 is 36.0. The molecule has 0 spiro atoms. The Balaban J connectivity index is 1.49. The highest BCUT2D eigenvalue weighted by molar-refractivity contribution is 7.89. The summed E-state index contributed by atoms with van der Waals surface area (Å²) in [5.41, 5.74) is 2.73. The molecule has 2 heterocycles. The van der Waals surface area contributed by atoms with Crippen molar-refractivity contribution in [3.8, 4) is 17.0 Å². The molecule has 0 unspecified atom stereocenters. The number of hydrogen-bond donors (Lipinski definition) is 1. The SMILES string of the molecule is CC(C)COc1ccc(S(=O)(=O)NCc2cc(-c3ccncc3)n(C3CCCC3)n2)cc1. The quantitative estimate of drug-likeness (QED) is 0.512. The molecule has 0 radical (unpaired) electrons. The number of aromatic nitrogens is 3. The van der Waals surface area contributed by atoms with E-state index < -0.39 is 10.0 Å². The summed E-state index contributed by atoms with van der Waals surface area (Å²) in [5.74, 6) is 1.07. The van der Waals surface area contributed by atoms with E-state index in [-0.39, 0.29) is 11.4 Å². The summed E-state index contributed by atoms with van der Waals surface area (Å²) in [5, 5.41) is 4.77. The lowest BCUT2D eigenvalue weighted by Crippen LogP contribution is -2.23. The van der Waals surface area contributed by atoms with Crippen LogP contribution >= 0.6 is 0 Å². The Bertz CT molecular complexity index is 1120. The lowest BCUT2D eigenvalue weighted by atomic mass is 10.1. The van der Waals surface area contributed by atoms with Crippen LogP contribution in [0.15, 0.2) is 59.8 Å². The Hall–Kier alpha value is -2.71. The van der Waals surface area contributed by atoms with Gasteiger partial charge in [-0.15, -0.1) is 0 Å². The summed E-state index contributed by atoms with van der Waals surface area (Å²) in [7, 11) is -3.66. The number of benzene rings is 1. The highest BCUT2D eigenvalue weighted by Gasteiger charge is 2.23. The van der Waals surface area contributed by atoms with E-state index in [2.05, 4.69) is 28.2 Å². The van der Waals surface area contributed by atoms with Gasteiger partial charge in [0.1, 0.15) is 5.75 Å². The van der Waals surface area contributed by atoms with E-state index in [9.17, 15) is 8.42 Å². The topological polar surface area (TPSA) is 86.1 Å². The molecule has 7 nitrogen and oxygen atoms in total. The van der Waals surface area contributed by atoms with Crippen molar-refractivity contribution in [3.63, 3.8) is 0 Å². The first kappa shape index (κ1) is 22.5. The third-order valence-electron chi connectivity index (χ3n) is 5.59. The minimum atomic E-state index is -3.66. The van der Waals surface area contributed by atoms with Crippen molar-refractivity contribution in [2.24, 2.45) is 5.92 Å². The van der Waals surface area contributed by atoms with Gasteiger partial charge in [0.05, 0.1) is 35.5 Å². The predicted octanol–water partition coefficient (Wildman–Crippen LogP) is 4.57. The highest BCUT2D eigenvalue weighted by Crippen LogP contribution is 2.33. The summed E-state index contributed by atoms with van der Waals surface area (Å²) in [6.45, 7) is 4.85. The summed E-state index contributed by atoms with van der Waals surface area (Å²) in [4.78, 5) is 4.31. The van der Waals surface area contributed by atoms with Crippen LogP contribution in [0.1, 0.15) is 51.3 Å². The molecule has 32 heavy (non-hydrogen) atoms. The third kappa shape index (κ3) is 5.37. The van der Waals surface area contributed by atoms with Gasteiger partial charge in [0.25, 0.3) is 0 Å².